The zero-order valence-corrected chi connectivity index (χ0v) is 11.0. The highest BCUT2D eigenvalue weighted by atomic mass is 32.2. The molecule has 0 aliphatic carbocycles. The Bertz CT molecular complexity index is 530. The summed E-state index contributed by atoms with van der Waals surface area (Å²) < 4.78 is 0. The van der Waals surface area contributed by atoms with Crippen LogP contribution in [0, 0.1) is 0 Å². The lowest BCUT2D eigenvalue weighted by Crippen LogP contribution is -2.24. The van der Waals surface area contributed by atoms with Crippen molar-refractivity contribution in [2.75, 3.05) is 12.8 Å². The second-order valence-corrected chi connectivity index (χ2v) is 5.46. The van der Waals surface area contributed by atoms with E-state index >= 15 is 0 Å². The fourth-order valence-corrected chi connectivity index (χ4v) is 3.83. The first-order chi connectivity index (χ1) is 8.90. The highest BCUT2D eigenvalue weighted by molar-refractivity contribution is 7.99. The van der Waals surface area contributed by atoms with Crippen LogP contribution in [0.25, 0.3) is 0 Å². The number of benzene rings is 1. The minimum atomic E-state index is 0.280. The van der Waals surface area contributed by atoms with Gasteiger partial charge >= 0.3 is 0 Å². The van der Waals surface area contributed by atoms with Crippen molar-refractivity contribution in [2.45, 2.75) is 16.9 Å². The highest BCUT2D eigenvalue weighted by Gasteiger charge is 2.30. The Morgan fingerprint density at radius 3 is 2.83 bits per heavy atom. The molecule has 3 rings (SSSR count). The van der Waals surface area contributed by atoms with Crippen molar-refractivity contribution < 1.29 is 0 Å². The van der Waals surface area contributed by atoms with Crippen LogP contribution in [0.4, 0.5) is 0 Å². The minimum absolute atomic E-state index is 0.280. The molecule has 0 fully saturated rings. The summed E-state index contributed by atoms with van der Waals surface area (Å²) in [6.07, 6.45) is 5.38. The monoisotopic (exact) mass is 257 g/mol. The van der Waals surface area contributed by atoms with Gasteiger partial charge in [0.25, 0.3) is 0 Å². The van der Waals surface area contributed by atoms with Gasteiger partial charge in [0.05, 0.1) is 0 Å². The lowest BCUT2D eigenvalue weighted by atomic mass is 9.90. The van der Waals surface area contributed by atoms with E-state index in [1.807, 2.05) is 31.2 Å². The van der Waals surface area contributed by atoms with E-state index < -0.39 is 0 Å². The number of fused-ring (bicyclic) bond motifs is 1. The number of aromatic nitrogens is 2. The second-order valence-electron chi connectivity index (χ2n) is 4.39. The zero-order valence-electron chi connectivity index (χ0n) is 10.2. The van der Waals surface area contributed by atoms with Crippen molar-refractivity contribution in [2.24, 2.45) is 0 Å². The van der Waals surface area contributed by atoms with Crippen molar-refractivity contribution in [3.05, 3.63) is 54.1 Å². The van der Waals surface area contributed by atoms with Gasteiger partial charge in [-0.05, 0) is 18.7 Å². The van der Waals surface area contributed by atoms with E-state index in [9.17, 15) is 0 Å². The van der Waals surface area contributed by atoms with E-state index in [2.05, 4.69) is 39.6 Å². The van der Waals surface area contributed by atoms with E-state index in [1.54, 1.807) is 6.33 Å². The Kier molecular flexibility index (Phi) is 3.30. The Labute approximate surface area is 111 Å². The molecule has 0 amide bonds. The first kappa shape index (κ1) is 11.7. The Morgan fingerprint density at radius 1 is 1.28 bits per heavy atom. The molecule has 1 aliphatic rings. The topological polar surface area (TPSA) is 37.8 Å². The van der Waals surface area contributed by atoms with Gasteiger partial charge in [0.1, 0.15) is 6.33 Å². The molecule has 1 aliphatic heterocycles. The molecule has 2 heterocycles. The first-order valence-electron chi connectivity index (χ1n) is 6.04. The molecule has 0 spiro atoms. The number of hydrogen-bond donors (Lipinski definition) is 1. The molecule has 1 aromatic heterocycles. The third-order valence-corrected chi connectivity index (χ3v) is 4.60. The molecule has 2 atom stereocenters. The van der Waals surface area contributed by atoms with E-state index in [0.29, 0.717) is 5.92 Å². The van der Waals surface area contributed by atoms with E-state index in [-0.39, 0.29) is 6.04 Å². The van der Waals surface area contributed by atoms with Crippen LogP contribution < -0.4 is 5.32 Å². The molecule has 0 saturated carbocycles. The predicted molar refractivity (Wildman–Crippen MR) is 73.7 cm³/mol. The molecular weight excluding hydrogens is 242 g/mol. The smallest absolute Gasteiger partial charge is 0.115 e. The fourth-order valence-electron chi connectivity index (χ4n) is 2.53. The lowest BCUT2D eigenvalue weighted by Gasteiger charge is -2.23. The summed E-state index contributed by atoms with van der Waals surface area (Å²) in [5, 5.41) is 3.41. The maximum absolute atomic E-state index is 4.12. The van der Waals surface area contributed by atoms with Crippen molar-refractivity contribution in [1.82, 2.24) is 15.3 Å². The normalized spacial score (nSPS) is 19.5. The van der Waals surface area contributed by atoms with Gasteiger partial charge in [-0.2, -0.15) is 0 Å². The average molecular weight is 257 g/mol. The molecule has 2 unspecified atom stereocenters. The zero-order chi connectivity index (χ0) is 12.4. The summed E-state index contributed by atoms with van der Waals surface area (Å²) in [6.45, 7) is 0. The van der Waals surface area contributed by atoms with Gasteiger partial charge in [0.2, 0.25) is 0 Å². The predicted octanol–water partition coefficient (Wildman–Crippen LogP) is 2.63. The molecule has 1 aromatic carbocycles. The number of likely N-dealkylation sites (N-methyl/N-ethyl adjacent to an activating group) is 1. The number of nitrogens with zero attached hydrogens (tertiary/aromatic N) is 2. The van der Waals surface area contributed by atoms with Crippen LogP contribution in [-0.4, -0.2) is 22.8 Å². The van der Waals surface area contributed by atoms with Crippen LogP contribution in [0.15, 0.2) is 47.9 Å². The van der Waals surface area contributed by atoms with E-state index in [4.69, 9.17) is 0 Å². The summed E-state index contributed by atoms with van der Waals surface area (Å²) >= 11 is 1.93. The third kappa shape index (κ3) is 2.02. The summed E-state index contributed by atoms with van der Waals surface area (Å²) in [7, 11) is 2.00. The standard InChI is InChI=1S/C14H15N3S/c1-15-14(10-6-16-9-17-7-10)12-8-18-13-5-3-2-4-11(12)13/h2-7,9,12,14-15H,8H2,1H3. The van der Waals surface area contributed by atoms with Gasteiger partial charge in [0, 0.05) is 40.6 Å². The SMILES string of the molecule is CNC(c1cncnc1)C1CSc2ccccc21. The van der Waals surface area contributed by atoms with Crippen molar-refractivity contribution in [1.29, 1.82) is 0 Å². The molecule has 3 nitrogen and oxygen atoms in total. The van der Waals surface area contributed by atoms with Crippen LogP contribution in [0.3, 0.4) is 0 Å². The Morgan fingerprint density at radius 2 is 2.06 bits per heavy atom. The molecular formula is C14H15N3S. The van der Waals surface area contributed by atoms with Crippen LogP contribution in [0.5, 0.6) is 0 Å². The van der Waals surface area contributed by atoms with Gasteiger partial charge in [0.15, 0.2) is 0 Å². The average Bonchev–Trinajstić information content (AvgIpc) is 2.85. The maximum Gasteiger partial charge on any atom is 0.115 e. The van der Waals surface area contributed by atoms with Gasteiger partial charge in [-0.3, -0.25) is 0 Å². The Hall–Kier alpha value is -1.39. The van der Waals surface area contributed by atoms with E-state index in [0.717, 1.165) is 11.3 Å². The van der Waals surface area contributed by atoms with Crippen molar-refractivity contribution in [3.63, 3.8) is 0 Å². The second kappa shape index (κ2) is 5.08. The van der Waals surface area contributed by atoms with Crippen LogP contribution in [0.1, 0.15) is 23.1 Å². The maximum atomic E-state index is 4.12. The minimum Gasteiger partial charge on any atom is -0.312 e. The Balaban J connectivity index is 1.95. The van der Waals surface area contributed by atoms with Crippen LogP contribution >= 0.6 is 11.8 Å². The fraction of sp³-hybridized carbons (Fsp3) is 0.286. The first-order valence-corrected chi connectivity index (χ1v) is 7.02. The summed E-state index contributed by atoms with van der Waals surface area (Å²) in [4.78, 5) is 9.65. The summed E-state index contributed by atoms with van der Waals surface area (Å²) in [6, 6.07) is 8.94. The number of nitrogens with one attached hydrogen (secondary N) is 1. The molecule has 92 valence electrons. The summed E-state index contributed by atoms with van der Waals surface area (Å²) in [5.74, 6) is 1.60. The molecule has 2 aromatic rings. The van der Waals surface area contributed by atoms with Crippen LogP contribution in [0.2, 0.25) is 0 Å². The summed E-state index contributed by atoms with van der Waals surface area (Å²) in [5.41, 5.74) is 2.59. The lowest BCUT2D eigenvalue weighted by molar-refractivity contribution is 0.511. The molecule has 18 heavy (non-hydrogen) atoms. The highest BCUT2D eigenvalue weighted by Crippen LogP contribution is 2.45. The van der Waals surface area contributed by atoms with Gasteiger partial charge in [-0.25, -0.2) is 9.97 Å². The number of rotatable bonds is 3. The van der Waals surface area contributed by atoms with Crippen LogP contribution in [-0.2, 0) is 0 Å². The van der Waals surface area contributed by atoms with E-state index in [1.165, 1.54) is 10.5 Å². The third-order valence-electron chi connectivity index (χ3n) is 3.39. The van der Waals surface area contributed by atoms with Crippen molar-refractivity contribution in [3.8, 4) is 0 Å². The van der Waals surface area contributed by atoms with Gasteiger partial charge < -0.3 is 5.32 Å². The number of hydrogen-bond acceptors (Lipinski definition) is 4. The molecule has 0 radical (unpaired) electrons. The molecule has 1 N–H and O–H groups in total. The number of thioether (sulfide) groups is 1. The molecule has 0 saturated heterocycles. The largest absolute Gasteiger partial charge is 0.312 e. The quantitative estimate of drug-likeness (QED) is 0.917. The van der Waals surface area contributed by atoms with Gasteiger partial charge in [-0.1, -0.05) is 18.2 Å². The van der Waals surface area contributed by atoms with Crippen molar-refractivity contribution >= 4 is 11.8 Å². The van der Waals surface area contributed by atoms with Gasteiger partial charge in [-0.15, -0.1) is 11.8 Å². The molecule has 0 bridgehead atoms. The molecule has 4 heteroatoms.